The van der Waals surface area contributed by atoms with E-state index in [1.54, 1.807) is 4.90 Å². The van der Waals surface area contributed by atoms with E-state index in [-0.39, 0.29) is 6.09 Å². The third-order valence-corrected chi connectivity index (χ3v) is 3.70. The van der Waals surface area contributed by atoms with Crippen LogP contribution in [0.2, 0.25) is 0 Å². The Morgan fingerprint density at radius 3 is 2.63 bits per heavy atom. The maximum atomic E-state index is 12.0. The highest BCUT2D eigenvalue weighted by atomic mass is 16.6. The molecular formula is C13H21NO5. The predicted molar refractivity (Wildman–Crippen MR) is 66.8 cm³/mol. The van der Waals surface area contributed by atoms with Crippen LogP contribution in [0.3, 0.4) is 0 Å². The van der Waals surface area contributed by atoms with Crippen molar-refractivity contribution in [2.24, 2.45) is 5.41 Å². The molecule has 1 N–H and O–H groups in total. The maximum Gasteiger partial charge on any atom is 0.410 e. The fraction of sp³-hybridized carbons (Fsp3) is 0.846. The first-order chi connectivity index (χ1) is 8.73. The van der Waals surface area contributed by atoms with Crippen molar-refractivity contribution >= 4 is 12.1 Å². The summed E-state index contributed by atoms with van der Waals surface area (Å²) in [6.45, 7) is 6.82. The highest BCUT2D eigenvalue weighted by molar-refractivity contribution is 5.75. The van der Waals surface area contributed by atoms with Crippen LogP contribution in [0, 0.1) is 5.41 Å². The lowest BCUT2D eigenvalue weighted by atomic mass is 9.80. The second-order valence-corrected chi connectivity index (χ2v) is 6.35. The first-order valence-corrected chi connectivity index (χ1v) is 6.56. The van der Waals surface area contributed by atoms with Crippen molar-refractivity contribution in [1.29, 1.82) is 0 Å². The first-order valence-electron chi connectivity index (χ1n) is 6.56. The van der Waals surface area contributed by atoms with E-state index in [1.807, 2.05) is 20.8 Å². The molecule has 2 saturated heterocycles. The molecule has 6 heteroatoms. The maximum absolute atomic E-state index is 12.0. The lowest BCUT2D eigenvalue weighted by molar-refractivity contribution is -0.152. The quantitative estimate of drug-likeness (QED) is 0.782. The molecule has 0 aromatic heterocycles. The van der Waals surface area contributed by atoms with Crippen molar-refractivity contribution in [3.05, 3.63) is 0 Å². The van der Waals surface area contributed by atoms with Gasteiger partial charge in [0.25, 0.3) is 0 Å². The summed E-state index contributed by atoms with van der Waals surface area (Å²) >= 11 is 0. The van der Waals surface area contributed by atoms with E-state index < -0.39 is 23.1 Å². The molecule has 0 radical (unpaired) electrons. The van der Waals surface area contributed by atoms with Crippen LogP contribution in [0.4, 0.5) is 4.79 Å². The van der Waals surface area contributed by atoms with Gasteiger partial charge in [-0.25, -0.2) is 9.59 Å². The topological polar surface area (TPSA) is 76.1 Å². The largest absolute Gasteiger partial charge is 0.479 e. The Morgan fingerprint density at radius 2 is 2.05 bits per heavy atom. The summed E-state index contributed by atoms with van der Waals surface area (Å²) in [4.78, 5) is 24.8. The van der Waals surface area contributed by atoms with Gasteiger partial charge in [0.1, 0.15) is 5.60 Å². The SMILES string of the molecule is CC(C)(C)OC(=O)N1CCC2(CCOC2C(=O)O)C1. The molecule has 0 aliphatic carbocycles. The highest BCUT2D eigenvalue weighted by Gasteiger charge is 2.53. The molecule has 1 spiro atoms. The molecule has 1 amide bonds. The van der Waals surface area contributed by atoms with Crippen LogP contribution in [-0.4, -0.2) is 53.5 Å². The standard InChI is InChI=1S/C13H21NO5/c1-12(2,3)19-11(17)14-6-4-13(8-14)5-7-18-9(13)10(15)16/h9H,4-8H2,1-3H3,(H,15,16). The van der Waals surface area contributed by atoms with Crippen LogP contribution in [-0.2, 0) is 14.3 Å². The average molecular weight is 271 g/mol. The minimum Gasteiger partial charge on any atom is -0.479 e. The van der Waals surface area contributed by atoms with Gasteiger partial charge in [-0.2, -0.15) is 0 Å². The van der Waals surface area contributed by atoms with E-state index in [4.69, 9.17) is 9.47 Å². The third kappa shape index (κ3) is 2.83. The Kier molecular flexibility index (Phi) is 3.47. The number of hydrogen-bond donors (Lipinski definition) is 1. The molecule has 2 heterocycles. The Hall–Kier alpha value is -1.30. The number of carbonyl (C=O) groups is 2. The molecular weight excluding hydrogens is 250 g/mol. The van der Waals surface area contributed by atoms with Crippen LogP contribution in [0.25, 0.3) is 0 Å². The lowest BCUT2D eigenvalue weighted by Crippen LogP contribution is -2.42. The monoisotopic (exact) mass is 271 g/mol. The molecule has 2 rings (SSSR count). The van der Waals surface area contributed by atoms with E-state index in [9.17, 15) is 14.7 Å². The van der Waals surface area contributed by atoms with Crippen molar-refractivity contribution in [2.45, 2.75) is 45.3 Å². The number of rotatable bonds is 1. The fourth-order valence-corrected chi connectivity index (χ4v) is 2.82. The second kappa shape index (κ2) is 4.67. The number of nitrogens with zero attached hydrogens (tertiary/aromatic N) is 1. The number of likely N-dealkylation sites (tertiary alicyclic amines) is 1. The molecule has 2 atom stereocenters. The van der Waals surface area contributed by atoms with Gasteiger partial charge in [-0.1, -0.05) is 0 Å². The van der Waals surface area contributed by atoms with Gasteiger partial charge < -0.3 is 19.5 Å². The van der Waals surface area contributed by atoms with Crippen molar-refractivity contribution in [3.8, 4) is 0 Å². The minimum absolute atomic E-state index is 0.375. The zero-order chi connectivity index (χ0) is 14.3. The summed E-state index contributed by atoms with van der Waals surface area (Å²) in [6.07, 6.45) is 0.160. The zero-order valence-electron chi connectivity index (χ0n) is 11.6. The Labute approximate surface area is 112 Å². The van der Waals surface area contributed by atoms with Crippen molar-refractivity contribution in [1.82, 2.24) is 4.90 Å². The van der Waals surface area contributed by atoms with Gasteiger partial charge in [0.2, 0.25) is 0 Å². The highest BCUT2D eigenvalue weighted by Crippen LogP contribution is 2.43. The van der Waals surface area contributed by atoms with Gasteiger partial charge in [-0.3, -0.25) is 0 Å². The van der Waals surface area contributed by atoms with Gasteiger partial charge in [-0.15, -0.1) is 0 Å². The van der Waals surface area contributed by atoms with Crippen LogP contribution >= 0.6 is 0 Å². The average Bonchev–Trinajstić information content (AvgIpc) is 2.84. The van der Waals surface area contributed by atoms with Gasteiger partial charge >= 0.3 is 12.1 Å². The van der Waals surface area contributed by atoms with Gasteiger partial charge in [0.15, 0.2) is 6.10 Å². The number of aliphatic carboxylic acids is 1. The summed E-state index contributed by atoms with van der Waals surface area (Å²) < 4.78 is 10.6. The van der Waals surface area contributed by atoms with Gasteiger partial charge in [0.05, 0.1) is 0 Å². The zero-order valence-corrected chi connectivity index (χ0v) is 11.6. The van der Waals surface area contributed by atoms with Crippen molar-refractivity contribution in [2.75, 3.05) is 19.7 Å². The smallest absolute Gasteiger partial charge is 0.410 e. The van der Waals surface area contributed by atoms with Gasteiger partial charge in [0, 0.05) is 25.1 Å². The molecule has 0 bridgehead atoms. The molecule has 19 heavy (non-hydrogen) atoms. The van der Waals surface area contributed by atoms with Crippen LogP contribution < -0.4 is 0 Å². The van der Waals surface area contributed by atoms with Crippen LogP contribution in [0.1, 0.15) is 33.6 Å². The number of carboxylic acid groups (broad SMARTS) is 1. The summed E-state index contributed by atoms with van der Waals surface area (Å²) in [5, 5.41) is 9.19. The summed E-state index contributed by atoms with van der Waals surface area (Å²) in [5.74, 6) is -0.941. The van der Waals surface area contributed by atoms with E-state index >= 15 is 0 Å². The van der Waals surface area contributed by atoms with Crippen LogP contribution in [0.5, 0.6) is 0 Å². The molecule has 2 fully saturated rings. The number of carbonyl (C=O) groups excluding carboxylic acids is 1. The molecule has 2 aliphatic rings. The molecule has 0 aromatic rings. The Morgan fingerprint density at radius 1 is 1.37 bits per heavy atom. The molecule has 2 unspecified atom stereocenters. The van der Waals surface area contributed by atoms with Crippen molar-refractivity contribution < 1.29 is 24.2 Å². The summed E-state index contributed by atoms with van der Waals surface area (Å²) in [7, 11) is 0. The van der Waals surface area contributed by atoms with Gasteiger partial charge in [-0.05, 0) is 33.6 Å². The summed E-state index contributed by atoms with van der Waals surface area (Å²) in [6, 6.07) is 0. The molecule has 0 saturated carbocycles. The molecule has 2 aliphatic heterocycles. The van der Waals surface area contributed by atoms with Crippen LogP contribution in [0.15, 0.2) is 0 Å². The van der Waals surface area contributed by atoms with E-state index in [2.05, 4.69) is 0 Å². The third-order valence-electron chi connectivity index (χ3n) is 3.70. The predicted octanol–water partition coefficient (Wildman–Crippen LogP) is 1.49. The number of amides is 1. The first kappa shape index (κ1) is 14.1. The lowest BCUT2D eigenvalue weighted by Gasteiger charge is -2.28. The number of ether oxygens (including phenoxy) is 2. The van der Waals surface area contributed by atoms with E-state index in [0.717, 1.165) is 0 Å². The molecule has 0 aromatic carbocycles. The Bertz CT molecular complexity index is 389. The Balaban J connectivity index is 2.03. The fourth-order valence-electron chi connectivity index (χ4n) is 2.82. The molecule has 108 valence electrons. The number of hydrogen-bond acceptors (Lipinski definition) is 4. The van der Waals surface area contributed by atoms with Crippen molar-refractivity contribution in [3.63, 3.8) is 0 Å². The number of carboxylic acids is 1. The minimum atomic E-state index is -0.941. The molecule has 6 nitrogen and oxygen atoms in total. The van der Waals surface area contributed by atoms with E-state index in [0.29, 0.717) is 32.5 Å². The summed E-state index contributed by atoms with van der Waals surface area (Å²) in [5.41, 5.74) is -0.978. The normalized spacial score (nSPS) is 30.9. The second-order valence-electron chi connectivity index (χ2n) is 6.35. The van der Waals surface area contributed by atoms with E-state index in [1.165, 1.54) is 0 Å².